The number of imidazole rings is 1. The van der Waals surface area contributed by atoms with Crippen LogP contribution in [0, 0.1) is 0 Å². The minimum Gasteiger partial charge on any atom is -0.494 e. The topological polar surface area (TPSA) is 49.6 Å². The van der Waals surface area contributed by atoms with Crippen LogP contribution in [0.4, 0.5) is 0 Å². The van der Waals surface area contributed by atoms with Gasteiger partial charge in [0.1, 0.15) is 10.4 Å². The maximum absolute atomic E-state index is 9.81. The summed E-state index contributed by atoms with van der Waals surface area (Å²) in [7, 11) is 1.93. The lowest BCUT2D eigenvalue weighted by atomic mass is 10.3. The highest BCUT2D eigenvalue weighted by molar-refractivity contribution is 9.10. The monoisotopic (exact) mass is 283 g/mol. The zero-order valence-corrected chi connectivity index (χ0v) is 10.7. The SMILES string of the molecule is CNCCCc1nc(Br)c2cccc(O)n12. The van der Waals surface area contributed by atoms with E-state index in [4.69, 9.17) is 0 Å². The summed E-state index contributed by atoms with van der Waals surface area (Å²) in [4.78, 5) is 4.41. The zero-order chi connectivity index (χ0) is 11.5. The zero-order valence-electron chi connectivity index (χ0n) is 9.07. The molecule has 16 heavy (non-hydrogen) atoms. The van der Waals surface area contributed by atoms with E-state index < -0.39 is 0 Å². The molecule has 86 valence electrons. The van der Waals surface area contributed by atoms with Crippen molar-refractivity contribution in [3.8, 4) is 5.88 Å². The Hall–Kier alpha value is -1.07. The molecule has 2 aromatic heterocycles. The molecule has 0 spiro atoms. The number of aromatic nitrogens is 2. The number of aryl methyl sites for hydroxylation is 1. The predicted octanol–water partition coefficient (Wildman–Crippen LogP) is 1.95. The fourth-order valence-electron chi connectivity index (χ4n) is 1.74. The third-order valence-electron chi connectivity index (χ3n) is 2.49. The Labute approximate surface area is 102 Å². The lowest BCUT2D eigenvalue weighted by Crippen LogP contribution is -2.09. The van der Waals surface area contributed by atoms with Crippen molar-refractivity contribution in [2.45, 2.75) is 12.8 Å². The largest absolute Gasteiger partial charge is 0.494 e. The summed E-state index contributed by atoms with van der Waals surface area (Å²) in [5, 5.41) is 12.9. The fraction of sp³-hybridized carbons (Fsp3) is 0.364. The summed E-state index contributed by atoms with van der Waals surface area (Å²) in [6.45, 7) is 0.945. The van der Waals surface area contributed by atoms with Gasteiger partial charge in [0.15, 0.2) is 5.88 Å². The van der Waals surface area contributed by atoms with Crippen LogP contribution in [0.2, 0.25) is 0 Å². The minimum atomic E-state index is 0.232. The number of nitrogens with zero attached hydrogens (tertiary/aromatic N) is 2. The van der Waals surface area contributed by atoms with Gasteiger partial charge in [-0.1, -0.05) is 6.07 Å². The van der Waals surface area contributed by atoms with E-state index in [0.29, 0.717) is 0 Å². The Morgan fingerprint density at radius 2 is 2.31 bits per heavy atom. The molecule has 0 bridgehead atoms. The van der Waals surface area contributed by atoms with Gasteiger partial charge in [0, 0.05) is 6.42 Å². The molecule has 0 saturated heterocycles. The molecule has 0 aliphatic carbocycles. The highest BCUT2D eigenvalue weighted by atomic mass is 79.9. The lowest BCUT2D eigenvalue weighted by molar-refractivity contribution is 0.442. The average Bonchev–Trinajstić information content (AvgIpc) is 2.58. The van der Waals surface area contributed by atoms with E-state index >= 15 is 0 Å². The van der Waals surface area contributed by atoms with Crippen molar-refractivity contribution in [2.24, 2.45) is 0 Å². The second-order valence-corrected chi connectivity index (χ2v) is 4.38. The third kappa shape index (κ3) is 2.05. The molecule has 2 heterocycles. The maximum atomic E-state index is 9.81. The normalized spacial score (nSPS) is 11.1. The van der Waals surface area contributed by atoms with Crippen LogP contribution in [0.25, 0.3) is 5.52 Å². The third-order valence-corrected chi connectivity index (χ3v) is 3.08. The van der Waals surface area contributed by atoms with Gasteiger partial charge in [0.2, 0.25) is 0 Å². The molecule has 0 radical (unpaired) electrons. The van der Waals surface area contributed by atoms with Crippen LogP contribution in [0.1, 0.15) is 12.2 Å². The Morgan fingerprint density at radius 3 is 3.06 bits per heavy atom. The van der Waals surface area contributed by atoms with Gasteiger partial charge in [0.25, 0.3) is 0 Å². The summed E-state index contributed by atoms with van der Waals surface area (Å²) in [6, 6.07) is 5.41. The van der Waals surface area contributed by atoms with E-state index in [1.165, 1.54) is 0 Å². The first-order valence-corrected chi connectivity index (χ1v) is 6.02. The van der Waals surface area contributed by atoms with Crippen LogP contribution in [0.5, 0.6) is 5.88 Å². The Bertz CT molecular complexity index is 495. The lowest BCUT2D eigenvalue weighted by Gasteiger charge is -2.03. The Morgan fingerprint density at radius 1 is 1.50 bits per heavy atom. The summed E-state index contributed by atoms with van der Waals surface area (Å²) in [5.41, 5.74) is 0.902. The molecular formula is C11H14BrN3O. The molecule has 0 aliphatic rings. The second kappa shape index (κ2) is 4.84. The fourth-order valence-corrected chi connectivity index (χ4v) is 2.26. The van der Waals surface area contributed by atoms with Gasteiger partial charge in [0.05, 0.1) is 5.52 Å². The summed E-state index contributed by atoms with van der Waals surface area (Å²) < 4.78 is 2.56. The van der Waals surface area contributed by atoms with Crippen LogP contribution in [0.3, 0.4) is 0 Å². The number of nitrogens with one attached hydrogen (secondary N) is 1. The van der Waals surface area contributed by atoms with E-state index in [1.54, 1.807) is 10.5 Å². The highest BCUT2D eigenvalue weighted by Gasteiger charge is 2.10. The smallest absolute Gasteiger partial charge is 0.197 e. The van der Waals surface area contributed by atoms with Crippen LogP contribution in [-0.2, 0) is 6.42 Å². The number of fused-ring (bicyclic) bond motifs is 1. The van der Waals surface area contributed by atoms with Crippen molar-refractivity contribution < 1.29 is 5.11 Å². The van der Waals surface area contributed by atoms with Crippen molar-refractivity contribution in [2.75, 3.05) is 13.6 Å². The van der Waals surface area contributed by atoms with E-state index in [2.05, 4.69) is 26.2 Å². The molecule has 5 heteroatoms. The van der Waals surface area contributed by atoms with Gasteiger partial charge in [-0.25, -0.2) is 4.98 Å². The van der Waals surface area contributed by atoms with Crippen molar-refractivity contribution >= 4 is 21.4 Å². The van der Waals surface area contributed by atoms with Crippen LogP contribution >= 0.6 is 15.9 Å². The van der Waals surface area contributed by atoms with Crippen molar-refractivity contribution in [1.29, 1.82) is 0 Å². The van der Waals surface area contributed by atoms with Gasteiger partial charge < -0.3 is 10.4 Å². The molecule has 2 aromatic rings. The van der Waals surface area contributed by atoms with E-state index in [0.717, 1.165) is 35.3 Å². The van der Waals surface area contributed by atoms with E-state index in [-0.39, 0.29) is 5.88 Å². The molecule has 0 saturated carbocycles. The molecule has 0 amide bonds. The number of hydrogen-bond acceptors (Lipinski definition) is 3. The van der Waals surface area contributed by atoms with Crippen molar-refractivity contribution in [3.05, 3.63) is 28.6 Å². The summed E-state index contributed by atoms with van der Waals surface area (Å²) in [6.07, 6.45) is 1.83. The summed E-state index contributed by atoms with van der Waals surface area (Å²) >= 11 is 3.40. The molecule has 0 aromatic carbocycles. The van der Waals surface area contributed by atoms with Crippen LogP contribution < -0.4 is 5.32 Å². The molecule has 0 aliphatic heterocycles. The number of pyridine rings is 1. The van der Waals surface area contributed by atoms with Crippen LogP contribution in [0.15, 0.2) is 22.8 Å². The molecule has 2 rings (SSSR count). The first-order valence-electron chi connectivity index (χ1n) is 5.23. The van der Waals surface area contributed by atoms with Crippen molar-refractivity contribution in [3.63, 3.8) is 0 Å². The number of aromatic hydroxyl groups is 1. The summed E-state index contributed by atoms with van der Waals surface area (Å²) in [5.74, 6) is 1.12. The van der Waals surface area contributed by atoms with Crippen molar-refractivity contribution in [1.82, 2.24) is 14.7 Å². The number of hydrogen-bond donors (Lipinski definition) is 2. The molecule has 0 fully saturated rings. The Kier molecular flexibility index (Phi) is 3.46. The quantitative estimate of drug-likeness (QED) is 0.844. The predicted molar refractivity (Wildman–Crippen MR) is 66.8 cm³/mol. The second-order valence-electron chi connectivity index (χ2n) is 3.63. The van der Waals surface area contributed by atoms with Gasteiger partial charge in [-0.3, -0.25) is 4.40 Å². The minimum absolute atomic E-state index is 0.232. The average molecular weight is 284 g/mol. The first kappa shape index (κ1) is 11.4. The standard InChI is InChI=1S/C11H14BrN3O/c1-13-7-3-5-9-14-11(12)8-4-2-6-10(16)15(8)9/h2,4,6,13,16H,3,5,7H2,1H3. The molecular weight excluding hydrogens is 270 g/mol. The number of halogens is 1. The molecule has 4 nitrogen and oxygen atoms in total. The maximum Gasteiger partial charge on any atom is 0.197 e. The molecule has 0 unspecified atom stereocenters. The van der Waals surface area contributed by atoms with E-state index in [1.807, 2.05) is 19.2 Å². The van der Waals surface area contributed by atoms with Gasteiger partial charge >= 0.3 is 0 Å². The highest BCUT2D eigenvalue weighted by Crippen LogP contribution is 2.24. The van der Waals surface area contributed by atoms with Gasteiger partial charge in [-0.05, 0) is 48.1 Å². The first-order chi connectivity index (χ1) is 7.74. The number of rotatable bonds is 4. The molecule has 2 N–H and O–H groups in total. The molecule has 0 atom stereocenters. The van der Waals surface area contributed by atoms with Gasteiger partial charge in [-0.15, -0.1) is 0 Å². The van der Waals surface area contributed by atoms with E-state index in [9.17, 15) is 5.11 Å². The van der Waals surface area contributed by atoms with Gasteiger partial charge in [-0.2, -0.15) is 0 Å². The van der Waals surface area contributed by atoms with Crippen LogP contribution in [-0.4, -0.2) is 28.1 Å². The Balaban J connectivity index is 2.37.